The number of hydrogen-bond donors (Lipinski definition) is 7. The minimum Gasteiger partial charge on any atom is -0.508 e. The van der Waals surface area contributed by atoms with Crippen LogP contribution in [0.15, 0.2) is 24.3 Å². The summed E-state index contributed by atoms with van der Waals surface area (Å²) in [5.41, 5.74) is 6.50. The first kappa shape index (κ1) is 24.0. The van der Waals surface area contributed by atoms with E-state index in [0.717, 1.165) is 31.4 Å². The average Bonchev–Trinajstić information content (AvgIpc) is 3.22. The fraction of sp³-hybridized carbons (Fsp3) is 0.556. The van der Waals surface area contributed by atoms with E-state index in [1.165, 1.54) is 5.56 Å². The first-order valence-corrected chi connectivity index (χ1v) is 10.1. The fourth-order valence-corrected chi connectivity index (χ4v) is 4.64. The number of amides is 2. The molecule has 1 aromatic carbocycles. The Morgan fingerprint density at radius 3 is 2.46 bits per heavy atom. The molecule has 3 rings (SSSR count). The second-order valence-corrected chi connectivity index (χ2v) is 7.74. The van der Waals surface area contributed by atoms with Crippen molar-refractivity contribution in [2.24, 2.45) is 5.73 Å². The van der Waals surface area contributed by atoms with E-state index in [1.807, 2.05) is 23.9 Å². The maximum Gasteiger partial charge on any atom is 0.315 e. The Morgan fingerprint density at radius 1 is 1.18 bits per heavy atom. The molecule has 2 heterocycles. The van der Waals surface area contributed by atoms with Crippen molar-refractivity contribution >= 4 is 23.8 Å². The maximum absolute atomic E-state index is 11.1. The molecule has 9 nitrogen and oxygen atoms in total. The lowest BCUT2D eigenvalue weighted by molar-refractivity contribution is -0.176. The smallest absolute Gasteiger partial charge is 0.315 e. The second kappa shape index (κ2) is 13.2. The molecule has 8 N–H and O–H groups in total. The van der Waals surface area contributed by atoms with Gasteiger partial charge in [0.1, 0.15) is 5.75 Å². The zero-order chi connectivity index (χ0) is 20.9. The van der Waals surface area contributed by atoms with Crippen molar-refractivity contribution in [1.82, 2.24) is 10.6 Å². The van der Waals surface area contributed by atoms with Crippen LogP contribution in [0, 0.1) is 0 Å². The highest BCUT2D eigenvalue weighted by molar-refractivity contribution is 8.00. The number of aliphatic carboxylic acids is 1. The maximum atomic E-state index is 11.1. The van der Waals surface area contributed by atoms with E-state index in [2.05, 4.69) is 10.6 Å². The van der Waals surface area contributed by atoms with E-state index in [1.54, 1.807) is 12.1 Å². The van der Waals surface area contributed by atoms with Crippen LogP contribution in [0.3, 0.4) is 0 Å². The van der Waals surface area contributed by atoms with Crippen LogP contribution >= 0.6 is 11.8 Å². The summed E-state index contributed by atoms with van der Waals surface area (Å²) in [6, 6.07) is 7.54. The summed E-state index contributed by atoms with van der Waals surface area (Å²) in [5, 5.41) is 35.7. The van der Waals surface area contributed by atoms with Gasteiger partial charge in [-0.1, -0.05) is 18.6 Å². The molecule has 2 aliphatic heterocycles. The molecular weight excluding hydrogens is 386 g/mol. The largest absolute Gasteiger partial charge is 0.508 e. The molecule has 0 spiro atoms. The number of rotatable bonds is 7. The van der Waals surface area contributed by atoms with E-state index >= 15 is 0 Å². The zero-order valence-electron chi connectivity index (χ0n) is 15.6. The average molecular weight is 416 g/mol. The number of nitrogens with two attached hydrogens (primary N) is 1. The molecule has 0 unspecified atom stereocenters. The molecule has 0 aromatic heterocycles. The van der Waals surface area contributed by atoms with Gasteiger partial charge in [-0.15, -0.1) is 0 Å². The summed E-state index contributed by atoms with van der Waals surface area (Å²) in [6.45, 7) is 0.658. The highest BCUT2D eigenvalue weighted by atomic mass is 32.2. The summed E-state index contributed by atoms with van der Waals surface area (Å²) < 4.78 is 0. The molecule has 0 aliphatic carbocycles. The lowest BCUT2D eigenvalue weighted by Crippen LogP contribution is -2.36. The number of unbranched alkanes of at least 4 members (excludes halogenated alkanes) is 1. The number of benzene rings is 1. The molecule has 2 amide bonds. The fourth-order valence-electron chi connectivity index (χ4n) is 3.09. The number of fused-ring (bicyclic) bond motifs is 1. The van der Waals surface area contributed by atoms with E-state index in [0.29, 0.717) is 17.5 Å². The van der Waals surface area contributed by atoms with Crippen LogP contribution in [0.5, 0.6) is 5.75 Å². The number of nitrogens with one attached hydrogen (secondary N) is 2. The molecule has 0 radical (unpaired) electrons. The van der Waals surface area contributed by atoms with E-state index in [9.17, 15) is 9.59 Å². The van der Waals surface area contributed by atoms with E-state index in [-0.39, 0.29) is 24.5 Å². The standard InChI is InChI=1S/C10H16N2O3S.C8H11NO.H2O2/c13-8(14)4-2-1-3-7-9-6(5-16-7)11-10(15)12-9;9-6-5-7-1-3-8(10)4-2-7;1-2/h6-7,9H,1-5H2,(H,13,14)(H2,11,12,15);1-4,10H,5-6,9H2;1-2H/t6-,7-,9-;;/m0../s1. The molecule has 3 atom stereocenters. The summed E-state index contributed by atoms with van der Waals surface area (Å²) in [6.07, 6.45) is 3.76. The van der Waals surface area contributed by atoms with Crippen molar-refractivity contribution in [3.05, 3.63) is 29.8 Å². The van der Waals surface area contributed by atoms with Gasteiger partial charge in [0, 0.05) is 17.4 Å². The minimum absolute atomic E-state index is 0.0640. The molecule has 0 saturated carbocycles. The van der Waals surface area contributed by atoms with Crippen molar-refractivity contribution in [2.75, 3.05) is 12.3 Å². The van der Waals surface area contributed by atoms with Gasteiger partial charge in [-0.05, 0) is 43.5 Å². The van der Waals surface area contributed by atoms with Gasteiger partial charge in [-0.25, -0.2) is 4.79 Å². The second-order valence-electron chi connectivity index (χ2n) is 6.47. The number of hydrogen-bond acceptors (Lipinski definition) is 7. The number of carbonyl (C=O) groups is 2. The van der Waals surface area contributed by atoms with Gasteiger partial charge in [0.05, 0.1) is 12.1 Å². The van der Waals surface area contributed by atoms with Crippen LogP contribution in [0.1, 0.15) is 31.2 Å². The third-order valence-corrected chi connectivity index (χ3v) is 5.95. The molecule has 28 heavy (non-hydrogen) atoms. The Morgan fingerprint density at radius 2 is 1.86 bits per heavy atom. The van der Waals surface area contributed by atoms with Crippen molar-refractivity contribution in [3.63, 3.8) is 0 Å². The Balaban J connectivity index is 0.000000281. The number of aromatic hydroxyl groups is 1. The van der Waals surface area contributed by atoms with Crippen molar-refractivity contribution in [1.29, 1.82) is 0 Å². The number of phenols is 1. The topological polar surface area (TPSA) is 165 Å². The summed E-state index contributed by atoms with van der Waals surface area (Å²) >= 11 is 1.87. The molecule has 1 aromatic rings. The molecule has 10 heteroatoms. The normalized spacial score (nSPS) is 22.0. The lowest BCUT2D eigenvalue weighted by Gasteiger charge is -2.16. The predicted octanol–water partition coefficient (Wildman–Crippen LogP) is 1.71. The van der Waals surface area contributed by atoms with Crippen LogP contribution in [0.4, 0.5) is 4.79 Å². The van der Waals surface area contributed by atoms with Crippen molar-refractivity contribution < 1.29 is 30.3 Å². The summed E-state index contributed by atoms with van der Waals surface area (Å²) in [4.78, 5) is 21.5. The van der Waals surface area contributed by atoms with Crippen LogP contribution in [0.2, 0.25) is 0 Å². The lowest BCUT2D eigenvalue weighted by atomic mass is 10.0. The van der Waals surface area contributed by atoms with E-state index in [4.69, 9.17) is 26.5 Å². The van der Waals surface area contributed by atoms with Crippen molar-refractivity contribution in [2.45, 2.75) is 49.4 Å². The number of carboxylic acid groups (broad SMARTS) is 1. The zero-order valence-corrected chi connectivity index (χ0v) is 16.4. The number of urea groups is 1. The number of thioether (sulfide) groups is 1. The molecule has 2 fully saturated rings. The highest BCUT2D eigenvalue weighted by Gasteiger charge is 2.42. The van der Waals surface area contributed by atoms with Gasteiger partial charge in [-0.3, -0.25) is 15.3 Å². The molecule has 0 bridgehead atoms. The van der Waals surface area contributed by atoms with Crippen LogP contribution < -0.4 is 16.4 Å². The number of carboxylic acids is 1. The molecule has 2 saturated heterocycles. The Hall–Kier alpha value is -2.01. The van der Waals surface area contributed by atoms with Gasteiger partial charge in [0.2, 0.25) is 0 Å². The molecular formula is C18H29N3O6S. The van der Waals surface area contributed by atoms with Gasteiger partial charge < -0.3 is 26.6 Å². The van der Waals surface area contributed by atoms with Gasteiger partial charge in [-0.2, -0.15) is 11.8 Å². The minimum atomic E-state index is -0.729. The predicted molar refractivity (Wildman–Crippen MR) is 108 cm³/mol. The van der Waals surface area contributed by atoms with Gasteiger partial charge >= 0.3 is 12.0 Å². The Bertz CT molecular complexity index is 601. The van der Waals surface area contributed by atoms with E-state index < -0.39 is 5.97 Å². The Kier molecular flexibility index (Phi) is 11.3. The van der Waals surface area contributed by atoms with Crippen LogP contribution in [-0.4, -0.2) is 62.4 Å². The monoisotopic (exact) mass is 415 g/mol. The summed E-state index contributed by atoms with van der Waals surface area (Å²) in [7, 11) is 0. The number of carbonyl (C=O) groups excluding carboxylic acids is 1. The van der Waals surface area contributed by atoms with Crippen molar-refractivity contribution in [3.8, 4) is 5.75 Å². The van der Waals surface area contributed by atoms with Crippen LogP contribution in [0.25, 0.3) is 0 Å². The first-order chi connectivity index (χ1) is 13.5. The quantitative estimate of drug-likeness (QED) is 0.153. The summed E-state index contributed by atoms with van der Waals surface area (Å²) in [5.74, 6) is 0.543. The highest BCUT2D eigenvalue weighted by Crippen LogP contribution is 2.33. The first-order valence-electron chi connectivity index (χ1n) is 9.08. The van der Waals surface area contributed by atoms with Gasteiger partial charge in [0.25, 0.3) is 0 Å². The van der Waals surface area contributed by atoms with Gasteiger partial charge in [0.15, 0.2) is 0 Å². The third-order valence-electron chi connectivity index (χ3n) is 4.44. The Labute approximate surface area is 168 Å². The third kappa shape index (κ3) is 8.34. The number of phenolic OH excluding ortho intramolecular Hbond substituents is 1. The SMILES string of the molecule is NCCc1ccc(O)cc1.O=C(O)CCCC[C@@H]1SC[C@@H]2NC(=O)N[C@@H]21.OO. The molecule has 2 aliphatic rings. The molecule has 158 valence electrons. The van der Waals surface area contributed by atoms with Crippen LogP contribution in [-0.2, 0) is 11.2 Å².